The van der Waals surface area contributed by atoms with Crippen molar-refractivity contribution in [1.29, 1.82) is 0 Å². The lowest BCUT2D eigenvalue weighted by Gasteiger charge is -2.23. The van der Waals surface area contributed by atoms with Crippen molar-refractivity contribution in [3.63, 3.8) is 0 Å². The summed E-state index contributed by atoms with van der Waals surface area (Å²) in [5.41, 5.74) is 4.06. The summed E-state index contributed by atoms with van der Waals surface area (Å²) in [6, 6.07) is 15.9. The molecular formula is C24H32N2O2. The first-order valence-corrected chi connectivity index (χ1v) is 10.1. The molecule has 0 radical (unpaired) electrons. The van der Waals surface area contributed by atoms with Gasteiger partial charge in [0.1, 0.15) is 0 Å². The molecule has 0 bridgehead atoms. The summed E-state index contributed by atoms with van der Waals surface area (Å²) in [6.45, 7) is 8.39. The molecule has 2 aromatic carbocycles. The van der Waals surface area contributed by atoms with Crippen LogP contribution in [-0.2, 0) is 17.8 Å². The van der Waals surface area contributed by atoms with Crippen LogP contribution in [-0.4, -0.2) is 11.8 Å². The van der Waals surface area contributed by atoms with Crippen LogP contribution < -0.4 is 10.6 Å². The maximum atomic E-state index is 12.7. The molecule has 4 heteroatoms. The molecule has 1 unspecified atom stereocenters. The van der Waals surface area contributed by atoms with E-state index in [4.69, 9.17) is 0 Å². The molecule has 0 aromatic heterocycles. The lowest BCUT2D eigenvalue weighted by atomic mass is 9.94. The van der Waals surface area contributed by atoms with E-state index in [0.29, 0.717) is 12.1 Å². The monoisotopic (exact) mass is 380 g/mol. The van der Waals surface area contributed by atoms with E-state index in [0.717, 1.165) is 17.5 Å². The van der Waals surface area contributed by atoms with Crippen LogP contribution in [0, 0.1) is 5.92 Å². The summed E-state index contributed by atoms with van der Waals surface area (Å²) in [7, 11) is 0. The van der Waals surface area contributed by atoms with Gasteiger partial charge in [-0.3, -0.25) is 9.59 Å². The largest absolute Gasteiger partial charge is 0.352 e. The number of hydrogen-bond acceptors (Lipinski definition) is 2. The topological polar surface area (TPSA) is 58.2 Å². The Balaban J connectivity index is 2.05. The highest BCUT2D eigenvalue weighted by molar-refractivity contribution is 5.94. The summed E-state index contributed by atoms with van der Waals surface area (Å²) < 4.78 is 0. The normalized spacial score (nSPS) is 11.9. The van der Waals surface area contributed by atoms with Crippen LogP contribution >= 0.6 is 0 Å². The zero-order valence-corrected chi connectivity index (χ0v) is 17.4. The lowest BCUT2D eigenvalue weighted by molar-refractivity contribution is -0.119. The van der Waals surface area contributed by atoms with Crippen LogP contribution in [0.2, 0.25) is 0 Å². The van der Waals surface area contributed by atoms with Crippen LogP contribution in [0.25, 0.3) is 0 Å². The SMILES string of the molecule is CCCCc1ccc(C(NC(=O)c2ccc(CNC(C)=O)cc2)C(C)C)cc1. The van der Waals surface area contributed by atoms with Gasteiger partial charge in [-0.15, -0.1) is 0 Å². The maximum Gasteiger partial charge on any atom is 0.251 e. The molecule has 0 aliphatic carbocycles. The molecule has 1 atom stereocenters. The zero-order valence-electron chi connectivity index (χ0n) is 17.4. The molecule has 28 heavy (non-hydrogen) atoms. The van der Waals surface area contributed by atoms with Gasteiger partial charge in [-0.05, 0) is 47.6 Å². The van der Waals surface area contributed by atoms with Gasteiger partial charge in [0, 0.05) is 19.0 Å². The van der Waals surface area contributed by atoms with E-state index in [-0.39, 0.29) is 23.8 Å². The average Bonchev–Trinajstić information content (AvgIpc) is 2.69. The second kappa shape index (κ2) is 10.6. The van der Waals surface area contributed by atoms with Crippen molar-refractivity contribution in [2.75, 3.05) is 0 Å². The van der Waals surface area contributed by atoms with Gasteiger partial charge in [0.05, 0.1) is 6.04 Å². The molecule has 150 valence electrons. The molecule has 2 amide bonds. The van der Waals surface area contributed by atoms with Gasteiger partial charge >= 0.3 is 0 Å². The first-order valence-electron chi connectivity index (χ1n) is 10.1. The first kappa shape index (κ1) is 21.7. The third kappa shape index (κ3) is 6.52. The number of nitrogens with one attached hydrogen (secondary N) is 2. The number of aryl methyl sites for hydroxylation is 1. The highest BCUT2D eigenvalue weighted by atomic mass is 16.2. The number of amides is 2. The third-order valence-corrected chi connectivity index (χ3v) is 4.87. The molecule has 0 fully saturated rings. The molecule has 2 N–H and O–H groups in total. The van der Waals surface area contributed by atoms with Gasteiger partial charge in [-0.1, -0.05) is 63.6 Å². The Morgan fingerprint density at radius 1 is 0.929 bits per heavy atom. The van der Waals surface area contributed by atoms with Crippen molar-refractivity contribution >= 4 is 11.8 Å². The van der Waals surface area contributed by atoms with Gasteiger partial charge in [0.25, 0.3) is 5.91 Å². The molecule has 0 aliphatic heterocycles. The van der Waals surface area contributed by atoms with Crippen LogP contribution in [0.5, 0.6) is 0 Å². The van der Waals surface area contributed by atoms with Crippen molar-refractivity contribution in [1.82, 2.24) is 10.6 Å². The number of carbonyl (C=O) groups excluding carboxylic acids is 2. The summed E-state index contributed by atoms with van der Waals surface area (Å²) in [6.07, 6.45) is 3.48. The van der Waals surface area contributed by atoms with Gasteiger partial charge in [0.15, 0.2) is 0 Å². The van der Waals surface area contributed by atoms with E-state index in [1.165, 1.54) is 25.3 Å². The Kier molecular flexibility index (Phi) is 8.24. The molecular weight excluding hydrogens is 348 g/mol. The fraction of sp³-hybridized carbons (Fsp3) is 0.417. The average molecular weight is 381 g/mol. The fourth-order valence-electron chi connectivity index (χ4n) is 3.13. The summed E-state index contributed by atoms with van der Waals surface area (Å²) in [4.78, 5) is 23.7. The molecule has 0 aliphatic rings. The van der Waals surface area contributed by atoms with E-state index < -0.39 is 0 Å². The number of rotatable bonds is 9. The van der Waals surface area contributed by atoms with E-state index in [1.807, 2.05) is 12.1 Å². The van der Waals surface area contributed by atoms with Crippen LogP contribution in [0.4, 0.5) is 0 Å². The van der Waals surface area contributed by atoms with Gasteiger partial charge in [-0.2, -0.15) is 0 Å². The summed E-state index contributed by atoms with van der Waals surface area (Å²) >= 11 is 0. The number of benzene rings is 2. The third-order valence-electron chi connectivity index (χ3n) is 4.87. The Hall–Kier alpha value is -2.62. The predicted octanol–water partition coefficient (Wildman–Crippen LogP) is 4.79. The second-order valence-corrected chi connectivity index (χ2v) is 7.65. The number of carbonyl (C=O) groups is 2. The fourth-order valence-corrected chi connectivity index (χ4v) is 3.13. The van der Waals surface area contributed by atoms with Gasteiger partial charge < -0.3 is 10.6 Å². The standard InChI is InChI=1S/C24H32N2O2/c1-5-6-7-19-8-12-21(13-9-19)23(17(2)3)26-24(28)22-14-10-20(11-15-22)16-25-18(4)27/h8-15,17,23H,5-7,16H2,1-4H3,(H,25,27)(H,26,28). The summed E-state index contributed by atoms with van der Waals surface area (Å²) in [5.74, 6) is 0.131. The molecule has 0 saturated heterocycles. The predicted molar refractivity (Wildman–Crippen MR) is 114 cm³/mol. The smallest absolute Gasteiger partial charge is 0.251 e. The van der Waals surface area contributed by atoms with E-state index >= 15 is 0 Å². The van der Waals surface area contributed by atoms with E-state index in [2.05, 4.69) is 55.7 Å². The van der Waals surface area contributed by atoms with Crippen LogP contribution in [0.3, 0.4) is 0 Å². The zero-order chi connectivity index (χ0) is 20.5. The second-order valence-electron chi connectivity index (χ2n) is 7.65. The lowest BCUT2D eigenvalue weighted by Crippen LogP contribution is -2.31. The van der Waals surface area contributed by atoms with Crippen LogP contribution in [0.1, 0.15) is 73.6 Å². The highest BCUT2D eigenvalue weighted by Crippen LogP contribution is 2.23. The summed E-state index contributed by atoms with van der Waals surface area (Å²) in [5, 5.41) is 5.93. The Morgan fingerprint density at radius 3 is 2.07 bits per heavy atom. The molecule has 0 saturated carbocycles. The minimum Gasteiger partial charge on any atom is -0.352 e. The van der Waals surface area contributed by atoms with Crippen molar-refractivity contribution in [2.24, 2.45) is 5.92 Å². The molecule has 4 nitrogen and oxygen atoms in total. The van der Waals surface area contributed by atoms with Crippen molar-refractivity contribution in [3.05, 3.63) is 70.8 Å². The number of unbranched alkanes of at least 4 members (excludes halogenated alkanes) is 1. The van der Waals surface area contributed by atoms with Crippen molar-refractivity contribution < 1.29 is 9.59 Å². The van der Waals surface area contributed by atoms with Crippen molar-refractivity contribution in [2.45, 2.75) is 59.5 Å². The molecule has 0 spiro atoms. The Labute approximate surface area is 168 Å². The highest BCUT2D eigenvalue weighted by Gasteiger charge is 2.19. The van der Waals surface area contributed by atoms with E-state index in [1.54, 1.807) is 12.1 Å². The Bertz CT molecular complexity index is 764. The van der Waals surface area contributed by atoms with Gasteiger partial charge in [0.2, 0.25) is 5.91 Å². The Morgan fingerprint density at radius 2 is 1.54 bits per heavy atom. The molecule has 2 rings (SSSR count). The molecule has 2 aromatic rings. The minimum atomic E-state index is -0.0835. The van der Waals surface area contributed by atoms with E-state index in [9.17, 15) is 9.59 Å². The van der Waals surface area contributed by atoms with Gasteiger partial charge in [-0.25, -0.2) is 0 Å². The first-order chi connectivity index (χ1) is 13.4. The van der Waals surface area contributed by atoms with Crippen molar-refractivity contribution in [3.8, 4) is 0 Å². The maximum absolute atomic E-state index is 12.7. The molecule has 0 heterocycles. The van der Waals surface area contributed by atoms with Crippen LogP contribution in [0.15, 0.2) is 48.5 Å². The number of hydrogen-bond donors (Lipinski definition) is 2. The minimum absolute atomic E-state index is 0.0354. The quantitative estimate of drug-likeness (QED) is 0.657.